The van der Waals surface area contributed by atoms with Crippen molar-refractivity contribution >= 4 is 34.0 Å². The molecular formula is C13H19ClN2O2S. The molecule has 1 aliphatic carbocycles. The zero-order valence-corrected chi connectivity index (χ0v) is 12.8. The number of thiazole rings is 1. The molecule has 6 heteroatoms. The van der Waals surface area contributed by atoms with Crippen molar-refractivity contribution in [1.82, 2.24) is 4.98 Å². The highest BCUT2D eigenvalue weighted by molar-refractivity contribution is 7.18. The van der Waals surface area contributed by atoms with Gasteiger partial charge < -0.3 is 10.1 Å². The van der Waals surface area contributed by atoms with Gasteiger partial charge in [-0.25, -0.2) is 9.78 Å². The second kappa shape index (κ2) is 6.57. The Morgan fingerprint density at radius 3 is 2.95 bits per heavy atom. The topological polar surface area (TPSA) is 51.2 Å². The van der Waals surface area contributed by atoms with Gasteiger partial charge in [-0.1, -0.05) is 42.7 Å². The number of carbonyl (C=O) groups is 1. The fraction of sp³-hybridized carbons (Fsp3) is 0.692. The van der Waals surface area contributed by atoms with Gasteiger partial charge in [-0.3, -0.25) is 0 Å². The van der Waals surface area contributed by atoms with Gasteiger partial charge in [-0.15, -0.1) is 0 Å². The number of anilines is 1. The summed E-state index contributed by atoms with van der Waals surface area (Å²) in [5.74, 6) is 0.377. The van der Waals surface area contributed by atoms with Crippen LogP contribution in [0.2, 0.25) is 5.15 Å². The van der Waals surface area contributed by atoms with Crippen LogP contribution in [0.1, 0.15) is 48.7 Å². The van der Waals surface area contributed by atoms with E-state index in [4.69, 9.17) is 11.6 Å². The summed E-state index contributed by atoms with van der Waals surface area (Å²) >= 11 is 7.21. The van der Waals surface area contributed by atoms with E-state index >= 15 is 0 Å². The Hall–Kier alpha value is -0.810. The van der Waals surface area contributed by atoms with Crippen molar-refractivity contribution in [1.29, 1.82) is 0 Å². The molecule has 1 heterocycles. The highest BCUT2D eigenvalue weighted by Gasteiger charge is 2.20. The summed E-state index contributed by atoms with van der Waals surface area (Å²) in [6.07, 6.45) is 6.06. The van der Waals surface area contributed by atoms with Crippen LogP contribution in [0.4, 0.5) is 5.13 Å². The van der Waals surface area contributed by atoms with Crippen LogP contribution in [0.5, 0.6) is 0 Å². The first-order valence-electron chi connectivity index (χ1n) is 6.61. The first-order valence-corrected chi connectivity index (χ1v) is 7.80. The summed E-state index contributed by atoms with van der Waals surface area (Å²) in [5, 5.41) is 4.33. The minimum Gasteiger partial charge on any atom is -0.465 e. The molecule has 1 N–H and O–H groups in total. The predicted molar refractivity (Wildman–Crippen MR) is 78.1 cm³/mol. The normalized spacial score (nSPS) is 23.7. The van der Waals surface area contributed by atoms with Crippen LogP contribution in [-0.2, 0) is 4.74 Å². The van der Waals surface area contributed by atoms with Crippen LogP contribution in [0.3, 0.4) is 0 Å². The van der Waals surface area contributed by atoms with Crippen LogP contribution in [0.15, 0.2) is 0 Å². The summed E-state index contributed by atoms with van der Waals surface area (Å²) in [4.78, 5) is 16.0. The molecule has 0 radical (unpaired) electrons. The SMILES string of the molecule is COC(=O)c1sc(NC2CCCC(C)CC2)nc1Cl. The average molecular weight is 303 g/mol. The van der Waals surface area contributed by atoms with Gasteiger partial charge in [-0.2, -0.15) is 0 Å². The molecule has 2 rings (SSSR count). The molecule has 2 unspecified atom stereocenters. The van der Waals surface area contributed by atoms with Crippen molar-refractivity contribution in [2.24, 2.45) is 5.92 Å². The Morgan fingerprint density at radius 2 is 2.21 bits per heavy atom. The lowest BCUT2D eigenvalue weighted by Crippen LogP contribution is -2.18. The molecular weight excluding hydrogens is 284 g/mol. The van der Waals surface area contributed by atoms with Crippen LogP contribution in [0, 0.1) is 5.92 Å². The van der Waals surface area contributed by atoms with Gasteiger partial charge in [0.05, 0.1) is 7.11 Å². The summed E-state index contributed by atoms with van der Waals surface area (Å²) in [7, 11) is 1.35. The number of methoxy groups -OCH3 is 1. The van der Waals surface area contributed by atoms with Gasteiger partial charge >= 0.3 is 5.97 Å². The smallest absolute Gasteiger partial charge is 0.351 e. The largest absolute Gasteiger partial charge is 0.465 e. The maximum absolute atomic E-state index is 11.5. The van der Waals surface area contributed by atoms with Gasteiger partial charge in [0.15, 0.2) is 15.2 Å². The fourth-order valence-electron chi connectivity index (χ4n) is 2.39. The minimum atomic E-state index is -0.426. The number of halogens is 1. The lowest BCUT2D eigenvalue weighted by molar-refractivity contribution is 0.0606. The molecule has 0 aromatic carbocycles. The lowest BCUT2D eigenvalue weighted by Gasteiger charge is -2.15. The van der Waals surface area contributed by atoms with Crippen molar-refractivity contribution in [2.75, 3.05) is 12.4 Å². The number of aromatic nitrogens is 1. The maximum Gasteiger partial charge on any atom is 0.351 e. The zero-order valence-electron chi connectivity index (χ0n) is 11.2. The predicted octanol–water partition coefficient (Wildman–Crippen LogP) is 3.96. The van der Waals surface area contributed by atoms with Gasteiger partial charge in [0.25, 0.3) is 0 Å². The number of hydrogen-bond donors (Lipinski definition) is 1. The van der Waals surface area contributed by atoms with Crippen LogP contribution in [0.25, 0.3) is 0 Å². The Labute approximate surface area is 122 Å². The first kappa shape index (κ1) is 14.6. The van der Waals surface area contributed by atoms with Crippen molar-refractivity contribution in [3.05, 3.63) is 10.0 Å². The number of rotatable bonds is 3. The highest BCUT2D eigenvalue weighted by Crippen LogP contribution is 2.30. The summed E-state index contributed by atoms with van der Waals surface area (Å²) in [6, 6.07) is 0.428. The molecule has 0 aliphatic heterocycles. The molecule has 106 valence electrons. The third-order valence-electron chi connectivity index (χ3n) is 3.54. The van der Waals surface area contributed by atoms with E-state index in [1.807, 2.05) is 0 Å². The van der Waals surface area contributed by atoms with Crippen molar-refractivity contribution < 1.29 is 9.53 Å². The van der Waals surface area contributed by atoms with Gasteiger partial charge in [0.1, 0.15) is 0 Å². The molecule has 4 nitrogen and oxygen atoms in total. The number of carbonyl (C=O) groups excluding carboxylic acids is 1. The number of nitrogens with one attached hydrogen (secondary N) is 1. The average Bonchev–Trinajstić information content (AvgIpc) is 2.62. The van der Waals surface area contributed by atoms with Gasteiger partial charge in [-0.05, 0) is 25.2 Å². The summed E-state index contributed by atoms with van der Waals surface area (Å²) in [5.41, 5.74) is 0. The van der Waals surface area contributed by atoms with Gasteiger partial charge in [0, 0.05) is 6.04 Å². The van der Waals surface area contributed by atoms with Crippen LogP contribution in [-0.4, -0.2) is 24.1 Å². The quantitative estimate of drug-likeness (QED) is 0.678. The Kier molecular flexibility index (Phi) is 5.05. The second-order valence-corrected chi connectivity index (χ2v) is 6.44. The molecule has 0 saturated heterocycles. The van der Waals surface area contributed by atoms with Crippen LogP contribution < -0.4 is 5.32 Å². The molecule has 19 heavy (non-hydrogen) atoms. The molecule has 1 saturated carbocycles. The lowest BCUT2D eigenvalue weighted by atomic mass is 10.0. The van der Waals surface area contributed by atoms with E-state index in [1.165, 1.54) is 37.7 Å². The van der Waals surface area contributed by atoms with E-state index < -0.39 is 5.97 Å². The van der Waals surface area contributed by atoms with E-state index in [2.05, 4.69) is 22.0 Å². The molecule has 0 bridgehead atoms. The van der Waals surface area contributed by atoms with E-state index in [9.17, 15) is 4.79 Å². The molecule has 2 atom stereocenters. The highest BCUT2D eigenvalue weighted by atomic mass is 35.5. The minimum absolute atomic E-state index is 0.223. The van der Waals surface area contributed by atoms with Gasteiger partial charge in [0.2, 0.25) is 0 Å². The zero-order chi connectivity index (χ0) is 13.8. The van der Waals surface area contributed by atoms with Crippen LogP contribution >= 0.6 is 22.9 Å². The van der Waals surface area contributed by atoms with E-state index in [0.29, 0.717) is 16.1 Å². The molecule has 0 spiro atoms. The third kappa shape index (κ3) is 3.83. The Morgan fingerprint density at radius 1 is 1.42 bits per heavy atom. The monoisotopic (exact) mass is 302 g/mol. The van der Waals surface area contributed by atoms with Crippen molar-refractivity contribution in [2.45, 2.75) is 45.1 Å². The van der Waals surface area contributed by atoms with E-state index in [-0.39, 0.29) is 5.15 Å². The molecule has 1 aliphatic rings. The number of nitrogens with zero attached hydrogens (tertiary/aromatic N) is 1. The standard InChI is InChI=1S/C13H19ClN2O2S/c1-8-4-3-5-9(7-6-8)15-13-16-11(14)10(19-13)12(17)18-2/h8-9H,3-7H2,1-2H3,(H,15,16). The fourth-order valence-corrected chi connectivity index (χ4v) is 3.57. The maximum atomic E-state index is 11.5. The van der Waals surface area contributed by atoms with E-state index in [1.54, 1.807) is 0 Å². The Bertz CT molecular complexity index is 450. The molecule has 1 fully saturated rings. The Balaban J connectivity index is 2.01. The molecule has 1 aromatic heterocycles. The van der Waals surface area contributed by atoms with E-state index in [0.717, 1.165) is 18.8 Å². The second-order valence-electron chi connectivity index (χ2n) is 5.09. The third-order valence-corrected chi connectivity index (χ3v) is 4.89. The number of hydrogen-bond acceptors (Lipinski definition) is 5. The number of ether oxygens (including phenoxy) is 1. The summed E-state index contributed by atoms with van der Waals surface area (Å²) in [6.45, 7) is 2.30. The van der Waals surface area contributed by atoms with Crippen molar-refractivity contribution in [3.8, 4) is 0 Å². The first-order chi connectivity index (χ1) is 9.10. The number of esters is 1. The summed E-state index contributed by atoms with van der Waals surface area (Å²) < 4.78 is 4.67. The molecule has 1 aromatic rings. The van der Waals surface area contributed by atoms with Crippen molar-refractivity contribution in [3.63, 3.8) is 0 Å². The molecule has 0 amide bonds.